The molecule has 0 aliphatic carbocycles. The van der Waals surface area contributed by atoms with Crippen molar-refractivity contribution in [2.24, 2.45) is 0 Å². The molecule has 0 saturated carbocycles. The first-order valence-electron chi connectivity index (χ1n) is 5.47. The number of nitrogens with zero attached hydrogens (tertiary/aromatic N) is 2. The minimum absolute atomic E-state index is 0.257. The number of H-pyrrole nitrogens is 1. The molecule has 0 spiro atoms. The number of halogens is 1. The third kappa shape index (κ3) is 1.88. The van der Waals surface area contributed by atoms with Crippen LogP contribution in [0.4, 0.5) is 4.39 Å². The first kappa shape index (κ1) is 10.7. The zero-order valence-electron chi connectivity index (χ0n) is 9.39. The number of aromatic nitrogens is 3. The molecule has 0 aliphatic heterocycles. The summed E-state index contributed by atoms with van der Waals surface area (Å²) in [5, 5.41) is 0. The summed E-state index contributed by atoms with van der Waals surface area (Å²) in [7, 11) is 0. The molecular weight excluding hydrogens is 229 g/mol. The van der Waals surface area contributed by atoms with Gasteiger partial charge in [0, 0.05) is 23.5 Å². The fourth-order valence-corrected chi connectivity index (χ4v) is 1.80. The second-order valence-electron chi connectivity index (χ2n) is 3.81. The topological polar surface area (TPSA) is 41.6 Å². The van der Waals surface area contributed by atoms with Crippen LogP contribution in [0.3, 0.4) is 0 Å². The number of aromatic amines is 1. The third-order valence-electron chi connectivity index (χ3n) is 2.67. The van der Waals surface area contributed by atoms with Crippen molar-refractivity contribution in [1.29, 1.82) is 0 Å². The minimum atomic E-state index is -0.257. The second-order valence-corrected chi connectivity index (χ2v) is 3.81. The Hall–Kier alpha value is -2.49. The van der Waals surface area contributed by atoms with Gasteiger partial charge < -0.3 is 4.98 Å². The standard InChI is InChI=1S/C14H9FN3/c15-12-3-1-10(2-4-12)13-14(18-9-17-13)11-5-7-16-8-6-11/h1-8H,(H,17,18). The second kappa shape index (κ2) is 4.41. The van der Waals surface area contributed by atoms with Gasteiger partial charge >= 0.3 is 0 Å². The van der Waals surface area contributed by atoms with Crippen LogP contribution in [-0.4, -0.2) is 15.0 Å². The van der Waals surface area contributed by atoms with Gasteiger partial charge in [0.1, 0.15) is 5.82 Å². The smallest absolute Gasteiger partial charge is 0.174 e. The van der Waals surface area contributed by atoms with Gasteiger partial charge in [-0.05, 0) is 36.4 Å². The number of imidazole rings is 1. The Morgan fingerprint density at radius 2 is 1.67 bits per heavy atom. The van der Waals surface area contributed by atoms with E-state index in [9.17, 15) is 4.39 Å². The van der Waals surface area contributed by atoms with Crippen molar-refractivity contribution < 1.29 is 4.39 Å². The molecule has 18 heavy (non-hydrogen) atoms. The first-order valence-corrected chi connectivity index (χ1v) is 5.47. The van der Waals surface area contributed by atoms with Crippen molar-refractivity contribution in [3.05, 3.63) is 60.9 Å². The van der Waals surface area contributed by atoms with E-state index < -0.39 is 0 Å². The zero-order valence-corrected chi connectivity index (χ0v) is 9.39. The monoisotopic (exact) mass is 238 g/mol. The number of hydrogen-bond donors (Lipinski definition) is 1. The summed E-state index contributed by atoms with van der Waals surface area (Å²) >= 11 is 0. The van der Waals surface area contributed by atoms with E-state index >= 15 is 0 Å². The molecule has 3 nitrogen and oxygen atoms in total. The summed E-state index contributed by atoms with van der Waals surface area (Å²) in [4.78, 5) is 11.1. The molecule has 1 N–H and O–H groups in total. The number of hydrogen-bond acceptors (Lipinski definition) is 2. The average Bonchev–Trinajstić information content (AvgIpc) is 2.90. The molecule has 2 aromatic heterocycles. The zero-order chi connectivity index (χ0) is 12.4. The van der Waals surface area contributed by atoms with E-state index in [1.807, 2.05) is 12.1 Å². The molecule has 0 saturated heterocycles. The van der Waals surface area contributed by atoms with Crippen molar-refractivity contribution in [3.8, 4) is 22.5 Å². The van der Waals surface area contributed by atoms with Gasteiger partial charge in [-0.15, -0.1) is 0 Å². The van der Waals surface area contributed by atoms with Gasteiger partial charge in [0.25, 0.3) is 0 Å². The quantitative estimate of drug-likeness (QED) is 0.745. The summed E-state index contributed by atoms with van der Waals surface area (Å²) in [6.45, 7) is 0. The molecule has 3 rings (SSSR count). The van der Waals surface area contributed by atoms with Crippen LogP contribution < -0.4 is 0 Å². The van der Waals surface area contributed by atoms with Gasteiger partial charge in [0.15, 0.2) is 6.33 Å². The van der Waals surface area contributed by atoms with Crippen LogP contribution in [-0.2, 0) is 0 Å². The van der Waals surface area contributed by atoms with E-state index in [0.717, 1.165) is 22.5 Å². The lowest BCUT2D eigenvalue weighted by atomic mass is 10.1. The van der Waals surface area contributed by atoms with Crippen LogP contribution in [0.15, 0.2) is 48.8 Å². The summed E-state index contributed by atoms with van der Waals surface area (Å²) in [6.07, 6.45) is 6.13. The summed E-state index contributed by atoms with van der Waals surface area (Å²) in [6, 6.07) is 10.0. The predicted octanol–water partition coefficient (Wildman–Crippen LogP) is 3.08. The largest absolute Gasteiger partial charge is 0.335 e. The Labute approximate surface area is 103 Å². The molecule has 0 aliphatic rings. The Kier molecular flexibility index (Phi) is 2.61. The van der Waals surface area contributed by atoms with E-state index in [0.29, 0.717) is 0 Å². The van der Waals surface area contributed by atoms with Crippen LogP contribution in [0.25, 0.3) is 22.5 Å². The number of pyridine rings is 1. The molecule has 1 aromatic carbocycles. The maximum atomic E-state index is 12.9. The Morgan fingerprint density at radius 3 is 2.39 bits per heavy atom. The number of rotatable bonds is 2. The lowest BCUT2D eigenvalue weighted by Gasteiger charge is -2.02. The molecule has 0 fully saturated rings. The number of benzene rings is 1. The van der Waals surface area contributed by atoms with Crippen LogP contribution in [0.1, 0.15) is 0 Å². The lowest BCUT2D eigenvalue weighted by molar-refractivity contribution is 0.628. The summed E-state index contributed by atoms with van der Waals surface area (Å²) in [5.41, 5.74) is 3.42. The highest BCUT2D eigenvalue weighted by atomic mass is 19.1. The van der Waals surface area contributed by atoms with E-state index in [2.05, 4.69) is 21.3 Å². The molecule has 87 valence electrons. The maximum absolute atomic E-state index is 12.9. The normalized spacial score (nSPS) is 10.5. The fourth-order valence-electron chi connectivity index (χ4n) is 1.80. The van der Waals surface area contributed by atoms with E-state index in [-0.39, 0.29) is 5.82 Å². The SMILES string of the molecule is Fc1ccc(-c2[nH][c]nc2-c2ccncc2)cc1. The van der Waals surface area contributed by atoms with Crippen LogP contribution in [0.2, 0.25) is 0 Å². The van der Waals surface area contributed by atoms with Gasteiger partial charge in [-0.25, -0.2) is 9.37 Å². The van der Waals surface area contributed by atoms with E-state index in [1.165, 1.54) is 12.1 Å². The van der Waals surface area contributed by atoms with Gasteiger partial charge in [0.05, 0.1) is 11.4 Å². The first-order chi connectivity index (χ1) is 8.84. The van der Waals surface area contributed by atoms with Crippen molar-refractivity contribution in [2.75, 3.05) is 0 Å². The van der Waals surface area contributed by atoms with Gasteiger partial charge in [0.2, 0.25) is 0 Å². The molecule has 4 heteroatoms. The van der Waals surface area contributed by atoms with Crippen molar-refractivity contribution >= 4 is 0 Å². The highest BCUT2D eigenvalue weighted by Crippen LogP contribution is 2.28. The Morgan fingerprint density at radius 1 is 0.944 bits per heavy atom. The van der Waals surface area contributed by atoms with Gasteiger partial charge in [-0.1, -0.05) is 0 Å². The maximum Gasteiger partial charge on any atom is 0.174 e. The highest BCUT2D eigenvalue weighted by Gasteiger charge is 2.10. The molecule has 3 aromatic rings. The predicted molar refractivity (Wildman–Crippen MR) is 66.0 cm³/mol. The molecule has 2 heterocycles. The van der Waals surface area contributed by atoms with E-state index in [4.69, 9.17) is 0 Å². The van der Waals surface area contributed by atoms with Crippen LogP contribution in [0, 0.1) is 12.1 Å². The van der Waals surface area contributed by atoms with Crippen molar-refractivity contribution in [1.82, 2.24) is 15.0 Å². The summed E-state index contributed by atoms with van der Waals surface area (Å²) in [5.74, 6) is -0.257. The third-order valence-corrected chi connectivity index (χ3v) is 2.67. The number of nitrogens with one attached hydrogen (secondary N) is 1. The van der Waals surface area contributed by atoms with Crippen LogP contribution in [0.5, 0.6) is 0 Å². The minimum Gasteiger partial charge on any atom is -0.335 e. The van der Waals surface area contributed by atoms with Crippen molar-refractivity contribution in [2.45, 2.75) is 0 Å². The Bertz CT molecular complexity index is 644. The van der Waals surface area contributed by atoms with Crippen LogP contribution >= 0.6 is 0 Å². The molecule has 0 atom stereocenters. The van der Waals surface area contributed by atoms with E-state index in [1.54, 1.807) is 24.5 Å². The molecule has 0 amide bonds. The van der Waals surface area contributed by atoms with Crippen molar-refractivity contribution in [3.63, 3.8) is 0 Å². The fraction of sp³-hybridized carbons (Fsp3) is 0. The lowest BCUT2D eigenvalue weighted by Crippen LogP contribution is -1.84. The average molecular weight is 238 g/mol. The Balaban J connectivity index is 2.10. The summed E-state index contributed by atoms with van der Waals surface area (Å²) < 4.78 is 12.9. The van der Waals surface area contributed by atoms with Gasteiger partial charge in [-0.3, -0.25) is 4.98 Å². The highest BCUT2D eigenvalue weighted by molar-refractivity contribution is 5.77. The molecule has 1 radical (unpaired) electrons. The molecular formula is C14H9FN3. The van der Waals surface area contributed by atoms with Gasteiger partial charge in [-0.2, -0.15) is 0 Å². The molecule has 0 unspecified atom stereocenters. The molecule has 0 bridgehead atoms.